The molecule has 134 valence electrons. The number of amides is 2. The van der Waals surface area contributed by atoms with Crippen molar-refractivity contribution < 1.29 is 19.1 Å². The number of rotatable bonds is 6. The molecule has 1 fully saturated rings. The van der Waals surface area contributed by atoms with E-state index in [0.717, 1.165) is 24.2 Å². The monoisotopic (exact) mass is 344 g/mol. The molecule has 2 amide bonds. The van der Waals surface area contributed by atoms with Gasteiger partial charge in [-0.3, -0.25) is 0 Å². The molecule has 0 spiro atoms. The molecular formula is C19H24N2O4. The lowest BCUT2D eigenvalue weighted by Gasteiger charge is -2.26. The molecular weight excluding hydrogens is 320 g/mol. The Morgan fingerprint density at radius 3 is 3.00 bits per heavy atom. The van der Waals surface area contributed by atoms with Crippen LogP contribution in [-0.2, 0) is 6.54 Å². The van der Waals surface area contributed by atoms with Gasteiger partial charge in [0.1, 0.15) is 17.6 Å². The van der Waals surface area contributed by atoms with Crippen LogP contribution in [0.5, 0.6) is 5.75 Å². The third kappa shape index (κ3) is 4.14. The van der Waals surface area contributed by atoms with Gasteiger partial charge in [0.2, 0.25) is 0 Å². The predicted octanol–water partition coefficient (Wildman–Crippen LogP) is 3.09. The first kappa shape index (κ1) is 17.4. The SMILES string of the molecule is COc1ccccc1CNC(=O)N1CCCC1CC(O)c1ccco1. The molecule has 0 radical (unpaired) electrons. The highest BCUT2D eigenvalue weighted by molar-refractivity contribution is 5.75. The quantitative estimate of drug-likeness (QED) is 0.844. The number of methoxy groups -OCH3 is 1. The van der Waals surface area contributed by atoms with E-state index < -0.39 is 6.10 Å². The van der Waals surface area contributed by atoms with Gasteiger partial charge in [-0.25, -0.2) is 4.79 Å². The van der Waals surface area contributed by atoms with Crippen molar-refractivity contribution in [2.45, 2.75) is 38.0 Å². The van der Waals surface area contributed by atoms with E-state index in [1.165, 1.54) is 0 Å². The van der Waals surface area contributed by atoms with Gasteiger partial charge in [-0.1, -0.05) is 18.2 Å². The van der Waals surface area contributed by atoms with E-state index in [2.05, 4.69) is 5.32 Å². The molecule has 1 aromatic carbocycles. The maximum Gasteiger partial charge on any atom is 0.317 e. The number of benzene rings is 1. The van der Waals surface area contributed by atoms with Gasteiger partial charge in [0.25, 0.3) is 0 Å². The fraction of sp³-hybridized carbons (Fsp3) is 0.421. The molecule has 1 aliphatic rings. The largest absolute Gasteiger partial charge is 0.496 e. The minimum atomic E-state index is -0.692. The molecule has 3 rings (SSSR count). The Hall–Kier alpha value is -2.47. The molecule has 0 saturated carbocycles. The highest BCUT2D eigenvalue weighted by Crippen LogP contribution is 2.27. The minimum Gasteiger partial charge on any atom is -0.496 e. The topological polar surface area (TPSA) is 74.9 Å². The lowest BCUT2D eigenvalue weighted by atomic mass is 10.1. The second-order valence-corrected chi connectivity index (χ2v) is 6.23. The predicted molar refractivity (Wildman–Crippen MR) is 93.2 cm³/mol. The molecule has 25 heavy (non-hydrogen) atoms. The molecule has 0 bridgehead atoms. The number of furan rings is 1. The number of hydrogen-bond donors (Lipinski definition) is 2. The third-order valence-electron chi connectivity index (χ3n) is 4.63. The summed E-state index contributed by atoms with van der Waals surface area (Å²) in [5.74, 6) is 1.30. The average molecular weight is 344 g/mol. The van der Waals surface area contributed by atoms with Crippen LogP contribution < -0.4 is 10.1 Å². The molecule has 0 aliphatic carbocycles. The van der Waals surface area contributed by atoms with Crippen LogP contribution in [-0.4, -0.2) is 35.7 Å². The number of carbonyl (C=O) groups is 1. The molecule has 2 N–H and O–H groups in total. The normalized spacial score (nSPS) is 18.2. The molecule has 6 nitrogen and oxygen atoms in total. The summed E-state index contributed by atoms with van der Waals surface area (Å²) in [6, 6.07) is 11.0. The van der Waals surface area contributed by atoms with Crippen molar-refractivity contribution in [2.75, 3.05) is 13.7 Å². The molecule has 6 heteroatoms. The second-order valence-electron chi connectivity index (χ2n) is 6.23. The highest BCUT2D eigenvalue weighted by Gasteiger charge is 2.31. The molecule has 2 atom stereocenters. The standard InChI is InChI=1S/C19H24N2O4/c1-24-17-8-3-2-6-14(17)13-20-19(23)21-10-4-7-15(21)12-16(22)18-9-5-11-25-18/h2-3,5-6,8-9,11,15-16,22H,4,7,10,12-13H2,1H3,(H,20,23). The van der Waals surface area contributed by atoms with E-state index in [4.69, 9.17) is 9.15 Å². The van der Waals surface area contributed by atoms with Crippen LogP contribution in [0.4, 0.5) is 4.79 Å². The zero-order chi connectivity index (χ0) is 17.6. The van der Waals surface area contributed by atoms with Crippen LogP contribution in [0.25, 0.3) is 0 Å². The first-order valence-electron chi connectivity index (χ1n) is 8.57. The Labute approximate surface area is 147 Å². The fourth-order valence-corrected chi connectivity index (χ4v) is 3.32. The van der Waals surface area contributed by atoms with Crippen LogP contribution in [0.15, 0.2) is 47.1 Å². The number of nitrogens with one attached hydrogen (secondary N) is 1. The Balaban J connectivity index is 1.57. The van der Waals surface area contributed by atoms with Crippen molar-refractivity contribution in [3.8, 4) is 5.75 Å². The lowest BCUT2D eigenvalue weighted by Crippen LogP contribution is -2.43. The smallest absolute Gasteiger partial charge is 0.317 e. The molecule has 1 aromatic heterocycles. The summed E-state index contributed by atoms with van der Waals surface area (Å²) < 4.78 is 10.6. The summed E-state index contributed by atoms with van der Waals surface area (Å²) in [4.78, 5) is 14.4. The molecule has 2 unspecified atom stereocenters. The van der Waals surface area contributed by atoms with Gasteiger partial charge in [-0.2, -0.15) is 0 Å². The van der Waals surface area contributed by atoms with Crippen molar-refractivity contribution in [1.82, 2.24) is 10.2 Å². The van der Waals surface area contributed by atoms with Crippen LogP contribution in [0, 0.1) is 0 Å². The average Bonchev–Trinajstić information content (AvgIpc) is 3.31. The number of nitrogens with zero attached hydrogens (tertiary/aromatic N) is 1. The Morgan fingerprint density at radius 2 is 2.24 bits per heavy atom. The third-order valence-corrected chi connectivity index (χ3v) is 4.63. The van der Waals surface area contributed by atoms with E-state index in [0.29, 0.717) is 25.3 Å². The number of likely N-dealkylation sites (tertiary alicyclic amines) is 1. The maximum absolute atomic E-state index is 12.6. The number of aliphatic hydroxyl groups excluding tert-OH is 1. The maximum atomic E-state index is 12.6. The van der Waals surface area contributed by atoms with Crippen LogP contribution in [0.1, 0.15) is 36.7 Å². The van der Waals surface area contributed by atoms with E-state index in [1.807, 2.05) is 29.2 Å². The molecule has 2 heterocycles. The van der Waals surface area contributed by atoms with Gasteiger partial charge in [-0.05, 0) is 31.0 Å². The number of ether oxygens (including phenoxy) is 1. The second kappa shape index (κ2) is 8.07. The van der Waals surface area contributed by atoms with Crippen molar-refractivity contribution in [2.24, 2.45) is 0 Å². The number of urea groups is 1. The molecule has 1 aliphatic heterocycles. The summed E-state index contributed by atoms with van der Waals surface area (Å²) in [6.07, 6.45) is 3.17. The molecule has 2 aromatic rings. The zero-order valence-corrected chi connectivity index (χ0v) is 14.4. The molecule has 1 saturated heterocycles. The van der Waals surface area contributed by atoms with Gasteiger partial charge in [0, 0.05) is 31.1 Å². The summed E-state index contributed by atoms with van der Waals surface area (Å²) in [5.41, 5.74) is 0.935. The van der Waals surface area contributed by atoms with Gasteiger partial charge in [-0.15, -0.1) is 0 Å². The first-order valence-corrected chi connectivity index (χ1v) is 8.57. The van der Waals surface area contributed by atoms with Crippen molar-refractivity contribution in [3.63, 3.8) is 0 Å². The van der Waals surface area contributed by atoms with E-state index in [1.54, 1.807) is 25.5 Å². The van der Waals surface area contributed by atoms with Crippen LogP contribution in [0.2, 0.25) is 0 Å². The van der Waals surface area contributed by atoms with Gasteiger partial charge >= 0.3 is 6.03 Å². The first-order chi connectivity index (χ1) is 12.2. The number of carbonyl (C=O) groups excluding carboxylic acids is 1. The Bertz CT molecular complexity index is 686. The number of hydrogen-bond acceptors (Lipinski definition) is 4. The lowest BCUT2D eigenvalue weighted by molar-refractivity contribution is 0.108. The Morgan fingerprint density at radius 1 is 1.40 bits per heavy atom. The Kier molecular flexibility index (Phi) is 5.60. The van der Waals surface area contributed by atoms with Crippen LogP contribution in [0.3, 0.4) is 0 Å². The minimum absolute atomic E-state index is 0.0118. The highest BCUT2D eigenvalue weighted by atomic mass is 16.5. The van der Waals surface area contributed by atoms with Crippen molar-refractivity contribution in [3.05, 3.63) is 54.0 Å². The summed E-state index contributed by atoms with van der Waals surface area (Å²) in [5, 5.41) is 13.2. The van der Waals surface area contributed by atoms with Gasteiger partial charge in [0.05, 0.1) is 13.4 Å². The zero-order valence-electron chi connectivity index (χ0n) is 14.4. The summed E-state index contributed by atoms with van der Waals surface area (Å²) in [6.45, 7) is 1.11. The summed E-state index contributed by atoms with van der Waals surface area (Å²) in [7, 11) is 1.62. The van der Waals surface area contributed by atoms with Crippen molar-refractivity contribution in [1.29, 1.82) is 0 Å². The number of para-hydroxylation sites is 1. The summed E-state index contributed by atoms with van der Waals surface area (Å²) >= 11 is 0. The fourth-order valence-electron chi connectivity index (χ4n) is 3.32. The van der Waals surface area contributed by atoms with Crippen molar-refractivity contribution >= 4 is 6.03 Å². The van der Waals surface area contributed by atoms with E-state index in [-0.39, 0.29) is 12.1 Å². The van der Waals surface area contributed by atoms with E-state index >= 15 is 0 Å². The van der Waals surface area contributed by atoms with Crippen LogP contribution >= 0.6 is 0 Å². The number of aliphatic hydroxyl groups is 1. The van der Waals surface area contributed by atoms with Gasteiger partial charge < -0.3 is 24.5 Å². The van der Waals surface area contributed by atoms with Gasteiger partial charge in [0.15, 0.2) is 0 Å². The van der Waals surface area contributed by atoms with E-state index in [9.17, 15) is 9.90 Å².